The van der Waals surface area contributed by atoms with Gasteiger partial charge >= 0.3 is 0 Å². The topological polar surface area (TPSA) is 67.8 Å². The van der Waals surface area contributed by atoms with Crippen LogP contribution in [0.2, 0.25) is 0 Å². The Labute approximate surface area is 233 Å². The first-order chi connectivity index (χ1) is 19.1. The maximum Gasteiger partial charge on any atom is 0.253 e. The van der Waals surface area contributed by atoms with Crippen LogP contribution in [0, 0.1) is 11.3 Å². The van der Waals surface area contributed by atoms with Crippen molar-refractivity contribution < 1.29 is 4.79 Å². The van der Waals surface area contributed by atoms with Gasteiger partial charge in [0.05, 0.1) is 6.54 Å². The van der Waals surface area contributed by atoms with Crippen LogP contribution in [-0.4, -0.2) is 75.6 Å². The summed E-state index contributed by atoms with van der Waals surface area (Å²) in [5.74, 6) is 2.07. The van der Waals surface area contributed by atoms with Gasteiger partial charge in [-0.1, -0.05) is 37.5 Å². The Hall–Kier alpha value is -2.77. The third-order valence-corrected chi connectivity index (χ3v) is 9.54. The molecule has 4 aliphatic rings. The molecule has 7 nitrogen and oxygen atoms in total. The zero-order chi connectivity index (χ0) is 26.5. The van der Waals surface area contributed by atoms with Gasteiger partial charge in [0.1, 0.15) is 5.82 Å². The number of H-pyrrole nitrogens is 1. The van der Waals surface area contributed by atoms with E-state index in [0.717, 1.165) is 62.9 Å². The lowest BCUT2D eigenvalue weighted by atomic mass is 9.77. The molecular formula is C32H44N6O. The number of piperidine rings is 1. The first kappa shape index (κ1) is 26.5. The van der Waals surface area contributed by atoms with Crippen LogP contribution < -0.4 is 0 Å². The normalized spacial score (nSPS) is 21.8. The second-order valence-electron chi connectivity index (χ2n) is 12.4. The molecule has 0 radical (unpaired) electrons. The van der Waals surface area contributed by atoms with E-state index in [4.69, 9.17) is 0 Å². The van der Waals surface area contributed by atoms with Crippen LogP contribution in [0.4, 0.5) is 0 Å². The largest absolute Gasteiger partial charge is 0.348 e. The number of aliphatic imine (C=N–C) groups is 1. The fourth-order valence-electron chi connectivity index (χ4n) is 7.18. The first-order valence-corrected chi connectivity index (χ1v) is 15.2. The molecule has 0 unspecified atom stereocenters. The summed E-state index contributed by atoms with van der Waals surface area (Å²) in [5, 5.41) is 0. The van der Waals surface area contributed by atoms with E-state index in [-0.39, 0.29) is 5.91 Å². The van der Waals surface area contributed by atoms with E-state index in [1.807, 2.05) is 24.5 Å². The molecule has 6 rings (SSSR count). The van der Waals surface area contributed by atoms with E-state index in [1.54, 1.807) is 6.20 Å². The number of rotatable bonds is 9. The summed E-state index contributed by atoms with van der Waals surface area (Å²) in [5.41, 5.74) is 3.53. The van der Waals surface area contributed by atoms with Crippen molar-refractivity contribution in [1.82, 2.24) is 24.7 Å². The molecule has 3 aliphatic heterocycles. The number of nitrogens with one attached hydrogen (secondary N) is 1. The van der Waals surface area contributed by atoms with Crippen molar-refractivity contribution >= 4 is 11.6 Å². The summed E-state index contributed by atoms with van der Waals surface area (Å²) in [6, 6.07) is 8.28. The third-order valence-electron chi connectivity index (χ3n) is 9.54. The molecule has 1 amide bonds. The Morgan fingerprint density at radius 1 is 1.00 bits per heavy atom. The molecule has 1 N–H and O–H groups in total. The molecule has 1 aliphatic carbocycles. The van der Waals surface area contributed by atoms with Crippen molar-refractivity contribution in [2.45, 2.75) is 70.9 Å². The lowest BCUT2D eigenvalue weighted by Crippen LogP contribution is -2.44. The number of benzene rings is 1. The lowest BCUT2D eigenvalue weighted by Gasteiger charge is -2.41. The molecule has 1 aromatic heterocycles. The zero-order valence-corrected chi connectivity index (χ0v) is 23.4. The van der Waals surface area contributed by atoms with Crippen molar-refractivity contribution in [2.24, 2.45) is 16.3 Å². The van der Waals surface area contributed by atoms with E-state index in [0.29, 0.717) is 5.41 Å². The van der Waals surface area contributed by atoms with Crippen molar-refractivity contribution in [3.63, 3.8) is 0 Å². The smallest absolute Gasteiger partial charge is 0.253 e. The van der Waals surface area contributed by atoms with Crippen molar-refractivity contribution in [3.05, 3.63) is 65.9 Å². The SMILES string of the molecule is O=C(c1ccc(CN(CC2=NC=CC2)Cc2ncc[nH]2)cc1)N1CCC2(CCN(CC3CCCCC3)CC2)C1. The van der Waals surface area contributed by atoms with Gasteiger partial charge in [-0.25, -0.2) is 4.98 Å². The third kappa shape index (κ3) is 6.69. The molecule has 1 saturated carbocycles. The number of hydrogen-bond acceptors (Lipinski definition) is 5. The number of carbonyl (C=O) groups excluding carboxylic acids is 1. The molecule has 2 aromatic rings. The standard InChI is InChI=1S/C32H44N6O/c39-31(38-20-14-32(25-38)12-18-36(19-13-32)21-26-5-2-1-3-6-26)28-10-8-27(9-11-28)22-37(23-29-7-4-15-33-29)24-30-34-16-17-35-30/h4,8-11,15-17,26H,1-3,5-7,12-14,18-25H2,(H,34,35). The summed E-state index contributed by atoms with van der Waals surface area (Å²) < 4.78 is 0. The average Bonchev–Trinajstić information content (AvgIpc) is 3.75. The molecule has 1 aromatic carbocycles. The van der Waals surface area contributed by atoms with E-state index in [2.05, 4.69) is 47.9 Å². The average molecular weight is 529 g/mol. The minimum Gasteiger partial charge on any atom is -0.348 e. The monoisotopic (exact) mass is 528 g/mol. The number of imidazole rings is 1. The predicted molar refractivity (Wildman–Crippen MR) is 156 cm³/mol. The molecule has 3 fully saturated rings. The number of aromatic nitrogens is 2. The van der Waals surface area contributed by atoms with Gasteiger partial charge in [-0.2, -0.15) is 0 Å². The van der Waals surface area contributed by atoms with E-state index in [9.17, 15) is 4.79 Å². The van der Waals surface area contributed by atoms with Gasteiger partial charge in [0.15, 0.2) is 0 Å². The molecule has 7 heteroatoms. The highest BCUT2D eigenvalue weighted by molar-refractivity contribution is 5.94. The molecule has 39 heavy (non-hydrogen) atoms. The van der Waals surface area contributed by atoms with Crippen molar-refractivity contribution in [2.75, 3.05) is 39.3 Å². The van der Waals surface area contributed by atoms with Gasteiger partial charge in [0.25, 0.3) is 5.91 Å². The van der Waals surface area contributed by atoms with E-state index < -0.39 is 0 Å². The maximum absolute atomic E-state index is 13.4. The zero-order valence-electron chi connectivity index (χ0n) is 23.4. The molecule has 0 bridgehead atoms. The minimum atomic E-state index is 0.196. The highest BCUT2D eigenvalue weighted by Crippen LogP contribution is 2.41. The minimum absolute atomic E-state index is 0.196. The summed E-state index contributed by atoms with van der Waals surface area (Å²) in [7, 11) is 0. The number of carbonyl (C=O) groups is 1. The fraction of sp³-hybridized carbons (Fsp3) is 0.594. The van der Waals surface area contributed by atoms with E-state index >= 15 is 0 Å². The Balaban J connectivity index is 1.01. The Morgan fingerprint density at radius 3 is 2.51 bits per heavy atom. The van der Waals surface area contributed by atoms with Gasteiger partial charge in [-0.3, -0.25) is 14.7 Å². The van der Waals surface area contributed by atoms with Crippen LogP contribution in [-0.2, 0) is 13.1 Å². The first-order valence-electron chi connectivity index (χ1n) is 15.2. The number of allylic oxidation sites excluding steroid dienone is 1. The summed E-state index contributed by atoms with van der Waals surface area (Å²) in [6.45, 7) is 7.89. The van der Waals surface area contributed by atoms with Crippen LogP contribution in [0.5, 0.6) is 0 Å². The molecule has 4 heterocycles. The summed E-state index contributed by atoms with van der Waals surface area (Å²) in [6.07, 6.45) is 19.4. The molecule has 2 saturated heterocycles. The Bertz CT molecular complexity index is 1140. The van der Waals surface area contributed by atoms with Crippen molar-refractivity contribution in [1.29, 1.82) is 0 Å². The van der Waals surface area contributed by atoms with Gasteiger partial charge in [-0.15, -0.1) is 0 Å². The quantitative estimate of drug-likeness (QED) is 0.481. The maximum atomic E-state index is 13.4. The summed E-state index contributed by atoms with van der Waals surface area (Å²) in [4.78, 5) is 32.8. The number of likely N-dealkylation sites (tertiary alicyclic amines) is 2. The van der Waals surface area contributed by atoms with E-state index in [1.165, 1.54) is 75.9 Å². The van der Waals surface area contributed by atoms with Gasteiger partial charge in [0, 0.05) is 69.0 Å². The number of nitrogens with zero attached hydrogens (tertiary/aromatic N) is 5. The van der Waals surface area contributed by atoms with Crippen LogP contribution in [0.3, 0.4) is 0 Å². The lowest BCUT2D eigenvalue weighted by molar-refractivity contribution is 0.0692. The summed E-state index contributed by atoms with van der Waals surface area (Å²) >= 11 is 0. The molecule has 208 valence electrons. The van der Waals surface area contributed by atoms with Gasteiger partial charge in [-0.05, 0) is 74.2 Å². The van der Waals surface area contributed by atoms with Crippen LogP contribution >= 0.6 is 0 Å². The van der Waals surface area contributed by atoms with Crippen LogP contribution in [0.25, 0.3) is 0 Å². The molecular weight excluding hydrogens is 484 g/mol. The highest BCUT2D eigenvalue weighted by atomic mass is 16.2. The van der Waals surface area contributed by atoms with Gasteiger partial charge < -0.3 is 14.8 Å². The van der Waals surface area contributed by atoms with Crippen molar-refractivity contribution in [3.8, 4) is 0 Å². The second kappa shape index (κ2) is 12.2. The second-order valence-corrected chi connectivity index (χ2v) is 12.4. The predicted octanol–water partition coefficient (Wildman–Crippen LogP) is 5.28. The fourth-order valence-corrected chi connectivity index (χ4v) is 7.18. The van der Waals surface area contributed by atoms with Crippen LogP contribution in [0.15, 0.2) is 53.9 Å². The molecule has 0 atom stereocenters. The molecule has 1 spiro atoms. The number of amides is 1. The van der Waals surface area contributed by atoms with Gasteiger partial charge in [0.2, 0.25) is 0 Å². The Morgan fingerprint density at radius 2 is 1.79 bits per heavy atom. The highest BCUT2D eigenvalue weighted by Gasteiger charge is 2.42. The Kier molecular flexibility index (Phi) is 8.26. The number of hydrogen-bond donors (Lipinski definition) is 1. The van der Waals surface area contributed by atoms with Crippen LogP contribution in [0.1, 0.15) is 79.5 Å². The number of aromatic amines is 1.